The SMILES string of the molecule is Cc1ccc(C(=O)NCCc2cccs2)c(C2CCN(C(=O)CSCc3ccccc3)CC2)n1. The summed E-state index contributed by atoms with van der Waals surface area (Å²) in [5, 5.41) is 5.11. The maximum atomic E-state index is 12.9. The van der Waals surface area contributed by atoms with Crippen molar-refractivity contribution in [2.45, 2.75) is 37.9 Å². The number of rotatable bonds is 9. The molecule has 178 valence electrons. The van der Waals surface area contributed by atoms with Gasteiger partial charge in [-0.15, -0.1) is 23.1 Å². The van der Waals surface area contributed by atoms with Crippen molar-refractivity contribution in [3.05, 3.63) is 87.4 Å². The molecule has 7 heteroatoms. The third-order valence-electron chi connectivity index (χ3n) is 6.12. The summed E-state index contributed by atoms with van der Waals surface area (Å²) in [6, 6.07) is 18.2. The number of pyridine rings is 1. The zero-order valence-electron chi connectivity index (χ0n) is 19.5. The van der Waals surface area contributed by atoms with Gasteiger partial charge in [0, 0.05) is 41.9 Å². The normalized spacial score (nSPS) is 14.2. The molecule has 3 heterocycles. The molecule has 0 aliphatic carbocycles. The molecule has 1 aliphatic rings. The second-order valence-electron chi connectivity index (χ2n) is 8.60. The summed E-state index contributed by atoms with van der Waals surface area (Å²) in [5.41, 5.74) is 3.70. The van der Waals surface area contributed by atoms with E-state index in [4.69, 9.17) is 4.98 Å². The third-order valence-corrected chi connectivity index (χ3v) is 8.04. The van der Waals surface area contributed by atoms with Crippen LogP contribution in [0.5, 0.6) is 0 Å². The van der Waals surface area contributed by atoms with Crippen molar-refractivity contribution in [1.82, 2.24) is 15.2 Å². The smallest absolute Gasteiger partial charge is 0.253 e. The molecule has 5 nitrogen and oxygen atoms in total. The summed E-state index contributed by atoms with van der Waals surface area (Å²) in [6.07, 6.45) is 2.50. The molecule has 0 bridgehead atoms. The van der Waals surface area contributed by atoms with Gasteiger partial charge in [-0.1, -0.05) is 36.4 Å². The number of nitrogens with zero attached hydrogens (tertiary/aromatic N) is 2. The monoisotopic (exact) mass is 493 g/mol. The Bertz CT molecular complexity index is 1080. The summed E-state index contributed by atoms with van der Waals surface area (Å²) in [4.78, 5) is 33.6. The molecule has 1 N–H and O–H groups in total. The molecule has 1 fully saturated rings. The molecule has 4 rings (SSSR count). The first-order valence-corrected chi connectivity index (χ1v) is 13.8. The van der Waals surface area contributed by atoms with E-state index in [0.717, 1.165) is 36.4 Å². The Hall–Kier alpha value is -2.64. The average molecular weight is 494 g/mol. The molecule has 0 unspecified atom stereocenters. The minimum Gasteiger partial charge on any atom is -0.352 e. The van der Waals surface area contributed by atoms with Gasteiger partial charge in [-0.25, -0.2) is 0 Å². The van der Waals surface area contributed by atoms with Gasteiger partial charge in [0.2, 0.25) is 5.91 Å². The van der Waals surface area contributed by atoms with E-state index in [-0.39, 0.29) is 17.7 Å². The highest BCUT2D eigenvalue weighted by atomic mass is 32.2. The molecule has 3 aromatic rings. The minimum atomic E-state index is -0.0603. The highest BCUT2D eigenvalue weighted by molar-refractivity contribution is 7.99. The number of piperidine rings is 1. The Labute approximate surface area is 210 Å². The minimum absolute atomic E-state index is 0.0603. The fraction of sp³-hybridized carbons (Fsp3) is 0.370. The van der Waals surface area contributed by atoms with Crippen LogP contribution in [-0.4, -0.2) is 47.1 Å². The molecule has 0 saturated carbocycles. The van der Waals surface area contributed by atoms with Gasteiger partial charge in [-0.3, -0.25) is 14.6 Å². The Morgan fingerprint density at radius 1 is 1.09 bits per heavy atom. The number of thioether (sulfide) groups is 1. The van der Waals surface area contributed by atoms with Crippen LogP contribution in [0.2, 0.25) is 0 Å². The molecule has 0 spiro atoms. The van der Waals surface area contributed by atoms with Crippen LogP contribution in [0.3, 0.4) is 0 Å². The molecule has 0 atom stereocenters. The Balaban J connectivity index is 1.29. The lowest BCUT2D eigenvalue weighted by molar-refractivity contribution is -0.129. The van der Waals surface area contributed by atoms with E-state index >= 15 is 0 Å². The van der Waals surface area contributed by atoms with Crippen molar-refractivity contribution in [3.63, 3.8) is 0 Å². The summed E-state index contributed by atoms with van der Waals surface area (Å²) in [7, 11) is 0. The van der Waals surface area contributed by atoms with E-state index in [2.05, 4.69) is 28.9 Å². The number of carbonyl (C=O) groups excluding carboxylic acids is 2. The fourth-order valence-electron chi connectivity index (χ4n) is 4.25. The number of likely N-dealkylation sites (tertiary alicyclic amines) is 1. The van der Waals surface area contributed by atoms with Gasteiger partial charge < -0.3 is 10.2 Å². The number of aromatic nitrogens is 1. The van der Waals surface area contributed by atoms with Crippen LogP contribution >= 0.6 is 23.1 Å². The summed E-state index contributed by atoms with van der Waals surface area (Å²) < 4.78 is 0. The van der Waals surface area contributed by atoms with Crippen LogP contribution in [0.15, 0.2) is 60.0 Å². The molecule has 1 aliphatic heterocycles. The van der Waals surface area contributed by atoms with Crippen LogP contribution in [0.25, 0.3) is 0 Å². The number of thiophene rings is 1. The van der Waals surface area contributed by atoms with Crippen LogP contribution in [0.4, 0.5) is 0 Å². The van der Waals surface area contributed by atoms with E-state index in [9.17, 15) is 9.59 Å². The number of carbonyl (C=O) groups is 2. The summed E-state index contributed by atoms with van der Waals surface area (Å²) in [5.74, 6) is 1.68. The highest BCUT2D eigenvalue weighted by Gasteiger charge is 2.27. The molecule has 2 amide bonds. The highest BCUT2D eigenvalue weighted by Crippen LogP contribution is 2.30. The van der Waals surface area contributed by atoms with Crippen molar-refractivity contribution in [2.75, 3.05) is 25.4 Å². The number of nitrogens with one attached hydrogen (secondary N) is 1. The van der Waals surface area contributed by atoms with Crippen molar-refractivity contribution < 1.29 is 9.59 Å². The summed E-state index contributed by atoms with van der Waals surface area (Å²) in [6.45, 7) is 4.00. The van der Waals surface area contributed by atoms with E-state index in [1.54, 1.807) is 23.1 Å². The third kappa shape index (κ3) is 6.70. The topological polar surface area (TPSA) is 62.3 Å². The van der Waals surface area contributed by atoms with Crippen molar-refractivity contribution in [1.29, 1.82) is 0 Å². The van der Waals surface area contributed by atoms with Crippen LogP contribution in [0, 0.1) is 6.92 Å². The van der Waals surface area contributed by atoms with Gasteiger partial charge in [0.1, 0.15) is 0 Å². The maximum Gasteiger partial charge on any atom is 0.253 e. The first kappa shape index (κ1) is 24.5. The summed E-state index contributed by atoms with van der Waals surface area (Å²) >= 11 is 3.37. The molecule has 1 aromatic carbocycles. The number of amides is 2. The zero-order chi connectivity index (χ0) is 23.8. The van der Waals surface area contributed by atoms with Gasteiger partial charge >= 0.3 is 0 Å². The van der Waals surface area contributed by atoms with Crippen molar-refractivity contribution in [3.8, 4) is 0 Å². The Morgan fingerprint density at radius 2 is 1.88 bits per heavy atom. The van der Waals surface area contributed by atoms with Gasteiger partial charge in [0.25, 0.3) is 5.91 Å². The van der Waals surface area contributed by atoms with Crippen LogP contribution in [-0.2, 0) is 17.0 Å². The molecule has 2 aromatic heterocycles. The largest absolute Gasteiger partial charge is 0.352 e. The van der Waals surface area contributed by atoms with Crippen LogP contribution in [0.1, 0.15) is 50.9 Å². The fourth-order valence-corrected chi connectivity index (χ4v) is 5.85. The maximum absolute atomic E-state index is 12.9. The second kappa shape index (κ2) is 12.2. The number of benzene rings is 1. The molecular weight excluding hydrogens is 462 g/mol. The zero-order valence-corrected chi connectivity index (χ0v) is 21.2. The van der Waals surface area contributed by atoms with Gasteiger partial charge in [-0.2, -0.15) is 0 Å². The number of hydrogen-bond acceptors (Lipinski definition) is 5. The van der Waals surface area contributed by atoms with E-state index in [1.807, 2.05) is 48.2 Å². The predicted octanol–water partition coefficient (Wildman–Crippen LogP) is 5.06. The molecule has 1 saturated heterocycles. The number of hydrogen-bond donors (Lipinski definition) is 1. The Kier molecular flexibility index (Phi) is 8.77. The average Bonchev–Trinajstić information content (AvgIpc) is 3.38. The first-order chi connectivity index (χ1) is 16.6. The number of aryl methyl sites for hydroxylation is 1. The Morgan fingerprint density at radius 3 is 2.62 bits per heavy atom. The standard InChI is InChI=1S/C27H31N3O2S2/c1-20-9-10-24(27(32)28-14-11-23-8-5-17-34-23)26(29-20)22-12-15-30(16-13-22)25(31)19-33-18-21-6-3-2-4-7-21/h2-10,17,22H,11-16,18-19H2,1H3,(H,28,32). The van der Waals surface area contributed by atoms with Crippen molar-refractivity contribution >= 4 is 34.9 Å². The van der Waals surface area contributed by atoms with Gasteiger partial charge in [0.15, 0.2) is 0 Å². The van der Waals surface area contributed by atoms with E-state index < -0.39 is 0 Å². The molecule has 34 heavy (non-hydrogen) atoms. The predicted molar refractivity (Wildman–Crippen MR) is 140 cm³/mol. The van der Waals surface area contributed by atoms with Crippen molar-refractivity contribution in [2.24, 2.45) is 0 Å². The molecular formula is C27H31N3O2S2. The lowest BCUT2D eigenvalue weighted by Crippen LogP contribution is -2.39. The molecule has 0 radical (unpaired) electrons. The quantitative estimate of drug-likeness (QED) is 0.452. The van der Waals surface area contributed by atoms with Crippen LogP contribution < -0.4 is 5.32 Å². The lowest BCUT2D eigenvalue weighted by atomic mass is 9.90. The second-order valence-corrected chi connectivity index (χ2v) is 10.6. The first-order valence-electron chi connectivity index (χ1n) is 11.8. The van der Waals surface area contributed by atoms with E-state index in [0.29, 0.717) is 31.0 Å². The van der Waals surface area contributed by atoms with E-state index in [1.165, 1.54) is 10.4 Å². The van der Waals surface area contributed by atoms with Gasteiger partial charge in [-0.05, 0) is 55.3 Å². The van der Waals surface area contributed by atoms with Gasteiger partial charge in [0.05, 0.1) is 17.0 Å². The lowest BCUT2D eigenvalue weighted by Gasteiger charge is -2.32.